The molecule has 0 spiro atoms. The summed E-state index contributed by atoms with van der Waals surface area (Å²) < 4.78 is 0. The number of carboxylic acid groups (broad SMARTS) is 1. The van der Waals surface area contributed by atoms with E-state index >= 15 is 0 Å². The first kappa shape index (κ1) is 15.8. The van der Waals surface area contributed by atoms with Gasteiger partial charge in [-0.3, -0.25) is 14.6 Å². The molecule has 1 N–H and O–H groups in total. The van der Waals surface area contributed by atoms with E-state index < -0.39 is 5.97 Å². The van der Waals surface area contributed by atoms with Crippen molar-refractivity contribution < 1.29 is 9.90 Å². The standard InChI is InChI=1S/C16H30N2O2/c1-4-13-5-6-14(16(19)20)15(11-13)18-9-7-17(8-10-18)12(2)3/h12-15H,4-11H2,1-3H3,(H,19,20). The summed E-state index contributed by atoms with van der Waals surface area (Å²) in [5.41, 5.74) is 0. The summed E-state index contributed by atoms with van der Waals surface area (Å²) in [5, 5.41) is 9.50. The van der Waals surface area contributed by atoms with Crippen LogP contribution in [0.3, 0.4) is 0 Å². The molecule has 1 aliphatic carbocycles. The van der Waals surface area contributed by atoms with E-state index in [0.29, 0.717) is 6.04 Å². The van der Waals surface area contributed by atoms with Crippen molar-refractivity contribution in [3.8, 4) is 0 Å². The Bertz CT molecular complexity index is 324. The molecule has 2 aliphatic rings. The van der Waals surface area contributed by atoms with Crippen LogP contribution in [0.15, 0.2) is 0 Å². The highest BCUT2D eigenvalue weighted by molar-refractivity contribution is 5.71. The van der Waals surface area contributed by atoms with E-state index in [2.05, 4.69) is 30.6 Å². The Kier molecular flexibility index (Phi) is 5.44. The van der Waals surface area contributed by atoms with Crippen LogP contribution in [0.5, 0.6) is 0 Å². The summed E-state index contributed by atoms with van der Waals surface area (Å²) in [7, 11) is 0. The molecule has 2 rings (SSSR count). The lowest BCUT2D eigenvalue weighted by Crippen LogP contribution is -2.56. The van der Waals surface area contributed by atoms with Crippen LogP contribution in [0.4, 0.5) is 0 Å². The highest BCUT2D eigenvalue weighted by Gasteiger charge is 2.38. The second-order valence-corrected chi connectivity index (χ2v) is 6.77. The maximum Gasteiger partial charge on any atom is 0.308 e. The van der Waals surface area contributed by atoms with Gasteiger partial charge in [0.15, 0.2) is 0 Å². The van der Waals surface area contributed by atoms with Gasteiger partial charge in [-0.05, 0) is 39.0 Å². The number of carboxylic acids is 1. The monoisotopic (exact) mass is 282 g/mol. The van der Waals surface area contributed by atoms with Gasteiger partial charge in [0.25, 0.3) is 0 Å². The molecule has 4 nitrogen and oxygen atoms in total. The van der Waals surface area contributed by atoms with Gasteiger partial charge in [0.2, 0.25) is 0 Å². The molecule has 3 atom stereocenters. The average molecular weight is 282 g/mol. The SMILES string of the molecule is CCC1CCC(C(=O)O)C(N2CCN(C(C)C)CC2)C1. The maximum atomic E-state index is 11.5. The van der Waals surface area contributed by atoms with Gasteiger partial charge < -0.3 is 5.11 Å². The minimum absolute atomic E-state index is 0.150. The van der Waals surface area contributed by atoms with Crippen molar-refractivity contribution in [2.24, 2.45) is 11.8 Å². The normalized spacial score (nSPS) is 33.5. The smallest absolute Gasteiger partial charge is 0.308 e. The van der Waals surface area contributed by atoms with Crippen molar-refractivity contribution in [2.75, 3.05) is 26.2 Å². The zero-order chi connectivity index (χ0) is 14.7. The van der Waals surface area contributed by atoms with Gasteiger partial charge in [-0.15, -0.1) is 0 Å². The van der Waals surface area contributed by atoms with E-state index in [1.165, 1.54) is 6.42 Å². The van der Waals surface area contributed by atoms with E-state index in [0.717, 1.165) is 51.4 Å². The largest absolute Gasteiger partial charge is 0.481 e. The van der Waals surface area contributed by atoms with Gasteiger partial charge in [0.05, 0.1) is 5.92 Å². The molecule has 3 unspecified atom stereocenters. The number of nitrogens with zero attached hydrogens (tertiary/aromatic N) is 2. The predicted molar refractivity (Wildman–Crippen MR) is 80.8 cm³/mol. The Morgan fingerprint density at radius 3 is 2.35 bits per heavy atom. The van der Waals surface area contributed by atoms with Crippen LogP contribution in [0.2, 0.25) is 0 Å². The van der Waals surface area contributed by atoms with Gasteiger partial charge in [-0.2, -0.15) is 0 Å². The van der Waals surface area contributed by atoms with E-state index in [9.17, 15) is 9.90 Å². The second kappa shape index (κ2) is 6.90. The molecule has 0 radical (unpaired) electrons. The van der Waals surface area contributed by atoms with E-state index in [-0.39, 0.29) is 12.0 Å². The zero-order valence-electron chi connectivity index (χ0n) is 13.2. The maximum absolute atomic E-state index is 11.5. The summed E-state index contributed by atoms with van der Waals surface area (Å²) >= 11 is 0. The summed E-state index contributed by atoms with van der Waals surface area (Å²) in [6.45, 7) is 10.9. The fourth-order valence-electron chi connectivity index (χ4n) is 3.88. The molecule has 0 aromatic heterocycles. The minimum atomic E-state index is -0.587. The molecule has 1 saturated carbocycles. The van der Waals surface area contributed by atoms with Crippen LogP contribution >= 0.6 is 0 Å². The minimum Gasteiger partial charge on any atom is -0.481 e. The third-order valence-corrected chi connectivity index (χ3v) is 5.37. The highest BCUT2D eigenvalue weighted by atomic mass is 16.4. The Hall–Kier alpha value is -0.610. The Morgan fingerprint density at radius 1 is 1.20 bits per heavy atom. The number of carbonyl (C=O) groups is 1. The van der Waals surface area contributed by atoms with Crippen LogP contribution in [-0.4, -0.2) is 59.1 Å². The lowest BCUT2D eigenvalue weighted by molar-refractivity contribution is -0.146. The van der Waals surface area contributed by atoms with Crippen LogP contribution < -0.4 is 0 Å². The fourth-order valence-corrected chi connectivity index (χ4v) is 3.88. The number of hydrogen-bond acceptors (Lipinski definition) is 3. The van der Waals surface area contributed by atoms with E-state index in [1.807, 2.05) is 0 Å². The zero-order valence-corrected chi connectivity index (χ0v) is 13.2. The van der Waals surface area contributed by atoms with Gasteiger partial charge >= 0.3 is 5.97 Å². The molecule has 1 heterocycles. The molecule has 2 fully saturated rings. The van der Waals surface area contributed by atoms with E-state index in [4.69, 9.17) is 0 Å². The van der Waals surface area contributed by atoms with Crippen molar-refractivity contribution in [3.63, 3.8) is 0 Å². The molecule has 1 saturated heterocycles. The van der Waals surface area contributed by atoms with Crippen molar-refractivity contribution in [1.29, 1.82) is 0 Å². The Balaban J connectivity index is 1.98. The Labute approximate surface area is 123 Å². The van der Waals surface area contributed by atoms with Gasteiger partial charge in [-0.25, -0.2) is 0 Å². The van der Waals surface area contributed by atoms with Crippen LogP contribution in [0.1, 0.15) is 46.5 Å². The molecule has 1 aliphatic heterocycles. The molecule has 0 aromatic rings. The number of hydrogen-bond donors (Lipinski definition) is 1. The van der Waals surface area contributed by atoms with Crippen molar-refractivity contribution in [3.05, 3.63) is 0 Å². The molecule has 0 aromatic carbocycles. The van der Waals surface area contributed by atoms with Crippen LogP contribution in [-0.2, 0) is 4.79 Å². The summed E-state index contributed by atoms with van der Waals surface area (Å²) in [5.74, 6) is -0.0158. The number of aliphatic carboxylic acids is 1. The van der Waals surface area contributed by atoms with Crippen molar-refractivity contribution in [2.45, 2.75) is 58.5 Å². The fraction of sp³-hybridized carbons (Fsp3) is 0.938. The van der Waals surface area contributed by atoms with E-state index in [1.54, 1.807) is 0 Å². The van der Waals surface area contributed by atoms with Gasteiger partial charge in [-0.1, -0.05) is 13.3 Å². The average Bonchev–Trinajstić information content (AvgIpc) is 2.46. The molecule has 0 bridgehead atoms. The highest BCUT2D eigenvalue weighted by Crippen LogP contribution is 2.34. The molecule has 116 valence electrons. The summed E-state index contributed by atoms with van der Waals surface area (Å²) in [4.78, 5) is 16.5. The van der Waals surface area contributed by atoms with Crippen LogP contribution in [0.25, 0.3) is 0 Å². The summed E-state index contributed by atoms with van der Waals surface area (Å²) in [6.07, 6.45) is 4.22. The molecule has 0 amide bonds. The topological polar surface area (TPSA) is 43.8 Å². The third kappa shape index (κ3) is 3.53. The second-order valence-electron chi connectivity index (χ2n) is 6.77. The van der Waals surface area contributed by atoms with Gasteiger partial charge in [0, 0.05) is 38.3 Å². The Morgan fingerprint density at radius 2 is 1.85 bits per heavy atom. The molecule has 4 heteroatoms. The molecular weight excluding hydrogens is 252 g/mol. The first-order valence-electron chi connectivity index (χ1n) is 8.23. The van der Waals surface area contributed by atoms with Gasteiger partial charge in [0.1, 0.15) is 0 Å². The lowest BCUT2D eigenvalue weighted by atomic mass is 9.76. The van der Waals surface area contributed by atoms with Crippen molar-refractivity contribution in [1.82, 2.24) is 9.80 Å². The molecule has 20 heavy (non-hydrogen) atoms. The van der Waals surface area contributed by atoms with Crippen LogP contribution in [0, 0.1) is 11.8 Å². The first-order valence-corrected chi connectivity index (χ1v) is 8.23. The third-order valence-electron chi connectivity index (χ3n) is 5.37. The quantitative estimate of drug-likeness (QED) is 0.859. The predicted octanol–water partition coefficient (Wildman–Crippen LogP) is 2.29. The lowest BCUT2D eigenvalue weighted by Gasteiger charge is -2.45. The van der Waals surface area contributed by atoms with Crippen molar-refractivity contribution >= 4 is 5.97 Å². The summed E-state index contributed by atoms with van der Waals surface area (Å²) in [6, 6.07) is 0.864. The number of piperazine rings is 1. The number of rotatable bonds is 4. The molecular formula is C16H30N2O2. The first-order chi connectivity index (χ1) is 9.52.